The van der Waals surface area contributed by atoms with Gasteiger partial charge in [0, 0.05) is 6.54 Å². The van der Waals surface area contributed by atoms with Crippen molar-refractivity contribution in [1.29, 1.82) is 0 Å². The van der Waals surface area contributed by atoms with E-state index < -0.39 is 0 Å². The molecule has 2 N–H and O–H groups in total. The number of rotatable bonds is 6. The molecule has 0 aliphatic heterocycles. The van der Waals surface area contributed by atoms with Gasteiger partial charge in [0.1, 0.15) is 11.5 Å². The number of nitrogens with two attached hydrogens (primary N) is 1. The molecular weight excluding hydrogens is 188 g/mol. The third-order valence-electron chi connectivity index (χ3n) is 2.66. The summed E-state index contributed by atoms with van der Waals surface area (Å²) in [7, 11) is 2.12. The first-order valence-electron chi connectivity index (χ1n) is 5.61. The van der Waals surface area contributed by atoms with Crippen LogP contribution in [0.5, 0.6) is 0 Å². The van der Waals surface area contributed by atoms with Gasteiger partial charge in [-0.25, -0.2) is 0 Å². The van der Waals surface area contributed by atoms with Gasteiger partial charge in [-0.15, -0.1) is 0 Å². The van der Waals surface area contributed by atoms with Gasteiger partial charge in [-0.1, -0.05) is 20.3 Å². The Morgan fingerprint density at radius 1 is 1.40 bits per heavy atom. The minimum Gasteiger partial charge on any atom is -0.463 e. The molecule has 0 aromatic carbocycles. The predicted octanol–water partition coefficient (Wildman–Crippen LogP) is 2.22. The van der Waals surface area contributed by atoms with Crippen LogP contribution in [0.25, 0.3) is 0 Å². The molecule has 0 saturated heterocycles. The lowest BCUT2D eigenvalue weighted by molar-refractivity contribution is 0.252. The fraction of sp³-hybridized carbons (Fsp3) is 0.667. The van der Waals surface area contributed by atoms with Gasteiger partial charge in [-0.05, 0) is 25.1 Å². The first-order chi connectivity index (χ1) is 7.15. The van der Waals surface area contributed by atoms with Gasteiger partial charge in [-0.2, -0.15) is 0 Å². The Morgan fingerprint density at radius 2 is 2.07 bits per heavy atom. The molecule has 0 aliphatic rings. The Kier molecular flexibility index (Phi) is 4.85. The van der Waals surface area contributed by atoms with Crippen LogP contribution in [0.4, 0.5) is 0 Å². The number of furan rings is 1. The normalized spacial score (nSPS) is 13.4. The van der Waals surface area contributed by atoms with Gasteiger partial charge in [0.2, 0.25) is 0 Å². The zero-order valence-corrected chi connectivity index (χ0v) is 9.99. The van der Waals surface area contributed by atoms with Gasteiger partial charge in [0.05, 0.1) is 13.1 Å². The highest BCUT2D eigenvalue weighted by molar-refractivity contribution is 5.06. The van der Waals surface area contributed by atoms with Crippen LogP contribution in [0.3, 0.4) is 0 Å². The van der Waals surface area contributed by atoms with Crippen molar-refractivity contribution in [1.82, 2.24) is 4.90 Å². The maximum Gasteiger partial charge on any atom is 0.118 e. The summed E-state index contributed by atoms with van der Waals surface area (Å²) in [4.78, 5) is 2.29. The van der Waals surface area contributed by atoms with Crippen LogP contribution in [0.2, 0.25) is 0 Å². The zero-order chi connectivity index (χ0) is 11.3. The van der Waals surface area contributed by atoms with Crippen LogP contribution in [0.1, 0.15) is 31.8 Å². The second-order valence-corrected chi connectivity index (χ2v) is 4.28. The molecule has 0 aliphatic carbocycles. The van der Waals surface area contributed by atoms with Crippen LogP contribution in [-0.2, 0) is 13.1 Å². The maximum atomic E-state index is 5.55. The summed E-state index contributed by atoms with van der Waals surface area (Å²) in [6.45, 7) is 6.94. The molecule has 0 radical (unpaired) electrons. The number of hydrogen-bond acceptors (Lipinski definition) is 3. The van der Waals surface area contributed by atoms with Gasteiger partial charge in [0.15, 0.2) is 0 Å². The molecule has 0 fully saturated rings. The summed E-state index contributed by atoms with van der Waals surface area (Å²) in [6, 6.07) is 3.96. The lowest BCUT2D eigenvalue weighted by Crippen LogP contribution is -2.23. The molecule has 86 valence electrons. The third-order valence-corrected chi connectivity index (χ3v) is 2.66. The van der Waals surface area contributed by atoms with Crippen molar-refractivity contribution in [2.24, 2.45) is 11.7 Å². The third kappa shape index (κ3) is 4.06. The average Bonchev–Trinajstić information content (AvgIpc) is 2.65. The Morgan fingerprint density at radius 3 is 2.60 bits per heavy atom. The van der Waals surface area contributed by atoms with E-state index in [9.17, 15) is 0 Å². The maximum absolute atomic E-state index is 5.55. The van der Waals surface area contributed by atoms with Crippen molar-refractivity contribution in [2.45, 2.75) is 33.4 Å². The highest BCUT2D eigenvalue weighted by Crippen LogP contribution is 2.11. The quantitative estimate of drug-likeness (QED) is 0.783. The van der Waals surface area contributed by atoms with Crippen LogP contribution in [0, 0.1) is 5.92 Å². The number of hydrogen-bond donors (Lipinski definition) is 1. The molecule has 1 rings (SSSR count). The molecule has 0 saturated carbocycles. The lowest BCUT2D eigenvalue weighted by atomic mass is 10.1. The summed E-state index contributed by atoms with van der Waals surface area (Å²) in [5.74, 6) is 2.60. The van der Waals surface area contributed by atoms with E-state index in [1.165, 1.54) is 6.42 Å². The summed E-state index contributed by atoms with van der Waals surface area (Å²) in [5.41, 5.74) is 5.49. The first kappa shape index (κ1) is 12.3. The topological polar surface area (TPSA) is 42.4 Å². The summed E-state index contributed by atoms with van der Waals surface area (Å²) >= 11 is 0. The van der Waals surface area contributed by atoms with E-state index >= 15 is 0 Å². The SMILES string of the molecule is CCC(C)CN(C)Cc1ccc(CN)o1. The monoisotopic (exact) mass is 210 g/mol. The van der Waals surface area contributed by atoms with Crippen LogP contribution >= 0.6 is 0 Å². The van der Waals surface area contributed by atoms with Crippen molar-refractivity contribution < 1.29 is 4.42 Å². The molecule has 15 heavy (non-hydrogen) atoms. The molecule has 0 amide bonds. The molecular formula is C12H22N2O. The van der Waals surface area contributed by atoms with E-state index in [2.05, 4.69) is 25.8 Å². The molecule has 1 atom stereocenters. The first-order valence-corrected chi connectivity index (χ1v) is 5.61. The molecule has 0 bridgehead atoms. The molecule has 3 heteroatoms. The van der Waals surface area contributed by atoms with Gasteiger partial charge >= 0.3 is 0 Å². The summed E-state index contributed by atoms with van der Waals surface area (Å²) in [6.07, 6.45) is 1.22. The second kappa shape index (κ2) is 5.93. The molecule has 1 aromatic heterocycles. The number of nitrogens with zero attached hydrogens (tertiary/aromatic N) is 1. The fourth-order valence-electron chi connectivity index (χ4n) is 1.61. The van der Waals surface area contributed by atoms with E-state index in [4.69, 9.17) is 10.2 Å². The average molecular weight is 210 g/mol. The fourth-order valence-corrected chi connectivity index (χ4v) is 1.61. The Hall–Kier alpha value is -0.800. The highest BCUT2D eigenvalue weighted by atomic mass is 16.3. The smallest absolute Gasteiger partial charge is 0.118 e. The van der Waals surface area contributed by atoms with E-state index in [-0.39, 0.29) is 0 Å². The Bertz CT molecular complexity index is 283. The van der Waals surface area contributed by atoms with Gasteiger partial charge in [-0.3, -0.25) is 4.90 Å². The predicted molar refractivity (Wildman–Crippen MR) is 62.4 cm³/mol. The van der Waals surface area contributed by atoms with Crippen LogP contribution < -0.4 is 5.73 Å². The minimum absolute atomic E-state index is 0.481. The van der Waals surface area contributed by atoms with Crippen LogP contribution in [0.15, 0.2) is 16.5 Å². The van der Waals surface area contributed by atoms with Crippen LogP contribution in [-0.4, -0.2) is 18.5 Å². The minimum atomic E-state index is 0.481. The Balaban J connectivity index is 2.40. The van der Waals surface area contributed by atoms with Crippen molar-refractivity contribution in [3.05, 3.63) is 23.7 Å². The summed E-state index contributed by atoms with van der Waals surface area (Å²) < 4.78 is 5.55. The van der Waals surface area contributed by atoms with Gasteiger partial charge < -0.3 is 10.2 Å². The van der Waals surface area contributed by atoms with Gasteiger partial charge in [0.25, 0.3) is 0 Å². The largest absolute Gasteiger partial charge is 0.463 e. The van der Waals surface area contributed by atoms with E-state index in [1.54, 1.807) is 0 Å². The zero-order valence-electron chi connectivity index (χ0n) is 9.99. The molecule has 1 heterocycles. The highest BCUT2D eigenvalue weighted by Gasteiger charge is 2.07. The summed E-state index contributed by atoms with van der Waals surface area (Å²) in [5, 5.41) is 0. The van der Waals surface area contributed by atoms with Crippen molar-refractivity contribution in [3.8, 4) is 0 Å². The Labute approximate surface area is 92.2 Å². The molecule has 0 spiro atoms. The molecule has 1 aromatic rings. The van der Waals surface area contributed by atoms with Crippen molar-refractivity contribution >= 4 is 0 Å². The molecule has 3 nitrogen and oxygen atoms in total. The lowest BCUT2D eigenvalue weighted by Gasteiger charge is -2.19. The second-order valence-electron chi connectivity index (χ2n) is 4.28. The van der Waals surface area contributed by atoms with E-state index in [0.717, 1.165) is 30.5 Å². The molecule has 1 unspecified atom stereocenters. The standard InChI is InChI=1S/C12H22N2O/c1-4-10(2)8-14(3)9-12-6-5-11(7-13)15-12/h5-6,10H,4,7-9,13H2,1-3H3. The van der Waals surface area contributed by atoms with E-state index in [0.29, 0.717) is 6.54 Å². The van der Waals surface area contributed by atoms with Crippen molar-refractivity contribution in [3.63, 3.8) is 0 Å². The van der Waals surface area contributed by atoms with Crippen molar-refractivity contribution in [2.75, 3.05) is 13.6 Å². The van der Waals surface area contributed by atoms with E-state index in [1.807, 2.05) is 12.1 Å².